The Balaban J connectivity index is 3.00. The summed E-state index contributed by atoms with van der Waals surface area (Å²) < 4.78 is 5.21. The van der Waals surface area contributed by atoms with E-state index in [-0.39, 0.29) is 0 Å². The van der Waals surface area contributed by atoms with Crippen LogP contribution in [0.3, 0.4) is 0 Å². The van der Waals surface area contributed by atoms with E-state index >= 15 is 0 Å². The average Bonchev–Trinajstić information content (AvgIpc) is 2.15. The summed E-state index contributed by atoms with van der Waals surface area (Å²) in [5, 5.41) is 9.84. The molecule has 0 N–H and O–H groups in total. The Hall–Kier alpha value is -0.750. The molecule has 0 saturated heterocycles. The van der Waals surface area contributed by atoms with Crippen molar-refractivity contribution in [2.75, 3.05) is 6.61 Å². The van der Waals surface area contributed by atoms with E-state index < -0.39 is 6.10 Å². The number of benzene rings is 1. The van der Waals surface area contributed by atoms with Gasteiger partial charge < -0.3 is 4.74 Å². The lowest BCUT2D eigenvalue weighted by Gasteiger charge is -2.10. The van der Waals surface area contributed by atoms with Crippen LogP contribution in [0.5, 0.6) is 0 Å². The number of nitrogens with zero attached hydrogens (tertiary/aromatic N) is 1. The number of rotatable bonds is 3. The summed E-state index contributed by atoms with van der Waals surface area (Å²) in [6.07, 6.45) is -0.621. The minimum atomic E-state index is -0.621. The Morgan fingerprint density at radius 1 is 1.50 bits per heavy atom. The lowest BCUT2D eigenvalue weighted by atomic mass is 10.1. The first-order valence-corrected chi connectivity index (χ1v) is 4.90. The van der Waals surface area contributed by atoms with Gasteiger partial charge in [0.2, 0.25) is 0 Å². The van der Waals surface area contributed by atoms with Crippen molar-refractivity contribution in [1.29, 1.82) is 5.26 Å². The Morgan fingerprint density at radius 3 is 2.71 bits per heavy atom. The second-order valence-corrected chi connectivity index (χ2v) is 3.47. The van der Waals surface area contributed by atoms with Gasteiger partial charge in [-0.3, -0.25) is 0 Å². The molecular formula is C10H9Cl2NO. The third-order valence-electron chi connectivity index (χ3n) is 1.70. The van der Waals surface area contributed by atoms with E-state index in [0.29, 0.717) is 22.2 Å². The van der Waals surface area contributed by atoms with E-state index in [1.165, 1.54) is 0 Å². The number of halogens is 2. The van der Waals surface area contributed by atoms with Crippen molar-refractivity contribution in [2.45, 2.75) is 13.0 Å². The summed E-state index contributed by atoms with van der Waals surface area (Å²) in [5.41, 5.74) is 0.653. The number of ether oxygens (including phenoxy) is 1. The highest BCUT2D eigenvalue weighted by atomic mass is 35.5. The maximum absolute atomic E-state index is 8.84. The predicted molar refractivity (Wildman–Crippen MR) is 56.4 cm³/mol. The lowest BCUT2D eigenvalue weighted by Crippen LogP contribution is -2.02. The summed E-state index contributed by atoms with van der Waals surface area (Å²) >= 11 is 11.7. The Bertz CT molecular complexity index is 360. The van der Waals surface area contributed by atoms with Crippen LogP contribution in [0.4, 0.5) is 0 Å². The SMILES string of the molecule is CCOC(C#N)c1ccc(Cl)cc1Cl. The van der Waals surface area contributed by atoms with E-state index in [1.807, 2.05) is 13.0 Å². The summed E-state index contributed by atoms with van der Waals surface area (Å²) in [5.74, 6) is 0. The van der Waals surface area contributed by atoms with Crippen LogP contribution in [-0.2, 0) is 4.74 Å². The van der Waals surface area contributed by atoms with Gasteiger partial charge in [-0.15, -0.1) is 0 Å². The van der Waals surface area contributed by atoms with Gasteiger partial charge in [0.15, 0.2) is 6.10 Å². The molecule has 0 radical (unpaired) electrons. The van der Waals surface area contributed by atoms with Crippen LogP contribution < -0.4 is 0 Å². The van der Waals surface area contributed by atoms with E-state index in [2.05, 4.69) is 0 Å². The molecule has 0 spiro atoms. The molecule has 1 aromatic carbocycles. The fourth-order valence-electron chi connectivity index (χ4n) is 1.08. The predicted octanol–water partition coefficient (Wildman–Crippen LogP) is 3.59. The average molecular weight is 230 g/mol. The third kappa shape index (κ3) is 2.62. The normalized spacial score (nSPS) is 12.1. The monoisotopic (exact) mass is 229 g/mol. The second-order valence-electron chi connectivity index (χ2n) is 2.63. The van der Waals surface area contributed by atoms with Crippen LogP contribution in [0.15, 0.2) is 18.2 Å². The molecular weight excluding hydrogens is 221 g/mol. The summed E-state index contributed by atoms with van der Waals surface area (Å²) in [6.45, 7) is 2.30. The molecule has 1 atom stereocenters. The van der Waals surface area contributed by atoms with Crippen molar-refractivity contribution in [3.8, 4) is 6.07 Å². The van der Waals surface area contributed by atoms with Gasteiger partial charge in [-0.25, -0.2) is 0 Å². The quantitative estimate of drug-likeness (QED) is 0.794. The summed E-state index contributed by atoms with van der Waals surface area (Å²) in [6, 6.07) is 7.02. The molecule has 0 aliphatic heterocycles. The van der Waals surface area contributed by atoms with Crippen LogP contribution in [-0.4, -0.2) is 6.61 Å². The first-order chi connectivity index (χ1) is 6.69. The van der Waals surface area contributed by atoms with Gasteiger partial charge in [0, 0.05) is 22.2 Å². The molecule has 0 bridgehead atoms. The maximum Gasteiger partial charge on any atom is 0.170 e. The van der Waals surface area contributed by atoms with Gasteiger partial charge in [-0.1, -0.05) is 29.3 Å². The van der Waals surface area contributed by atoms with Gasteiger partial charge in [0.05, 0.1) is 6.07 Å². The Labute approximate surface area is 93.0 Å². The standard InChI is InChI=1S/C10H9Cl2NO/c1-2-14-10(6-13)8-4-3-7(11)5-9(8)12/h3-5,10H,2H2,1H3. The van der Waals surface area contributed by atoms with Crippen LogP contribution in [0.1, 0.15) is 18.6 Å². The van der Waals surface area contributed by atoms with E-state index in [0.717, 1.165) is 0 Å². The van der Waals surface area contributed by atoms with Crippen molar-refractivity contribution in [2.24, 2.45) is 0 Å². The van der Waals surface area contributed by atoms with Gasteiger partial charge >= 0.3 is 0 Å². The number of nitriles is 1. The summed E-state index contributed by atoms with van der Waals surface area (Å²) in [4.78, 5) is 0. The molecule has 1 rings (SSSR count). The highest BCUT2D eigenvalue weighted by Gasteiger charge is 2.13. The second kappa shape index (κ2) is 5.21. The highest BCUT2D eigenvalue weighted by Crippen LogP contribution is 2.27. The fourth-order valence-corrected chi connectivity index (χ4v) is 1.58. The molecule has 4 heteroatoms. The molecule has 0 aromatic heterocycles. The maximum atomic E-state index is 8.84. The zero-order valence-corrected chi connectivity index (χ0v) is 9.14. The van der Waals surface area contributed by atoms with Crippen LogP contribution in [0, 0.1) is 11.3 Å². The molecule has 0 amide bonds. The molecule has 0 saturated carbocycles. The highest BCUT2D eigenvalue weighted by molar-refractivity contribution is 6.35. The van der Waals surface area contributed by atoms with E-state index in [4.69, 9.17) is 33.2 Å². The van der Waals surface area contributed by atoms with Crippen molar-refractivity contribution < 1.29 is 4.74 Å². The van der Waals surface area contributed by atoms with Crippen molar-refractivity contribution in [3.63, 3.8) is 0 Å². The van der Waals surface area contributed by atoms with Crippen molar-refractivity contribution in [3.05, 3.63) is 33.8 Å². The first kappa shape index (κ1) is 11.3. The van der Waals surface area contributed by atoms with Crippen LogP contribution in [0.25, 0.3) is 0 Å². The first-order valence-electron chi connectivity index (χ1n) is 4.15. The van der Waals surface area contributed by atoms with Crippen LogP contribution >= 0.6 is 23.2 Å². The summed E-state index contributed by atoms with van der Waals surface area (Å²) in [7, 11) is 0. The van der Waals surface area contributed by atoms with E-state index in [9.17, 15) is 0 Å². The van der Waals surface area contributed by atoms with Gasteiger partial charge in [0.25, 0.3) is 0 Å². The van der Waals surface area contributed by atoms with Crippen LogP contribution in [0.2, 0.25) is 10.0 Å². The zero-order valence-electron chi connectivity index (χ0n) is 7.63. The van der Waals surface area contributed by atoms with Crippen molar-refractivity contribution in [1.82, 2.24) is 0 Å². The van der Waals surface area contributed by atoms with Gasteiger partial charge in [0.1, 0.15) is 0 Å². The molecule has 1 unspecified atom stereocenters. The lowest BCUT2D eigenvalue weighted by molar-refractivity contribution is 0.102. The third-order valence-corrected chi connectivity index (χ3v) is 2.26. The molecule has 0 aliphatic carbocycles. The molecule has 2 nitrogen and oxygen atoms in total. The number of hydrogen-bond donors (Lipinski definition) is 0. The molecule has 1 aromatic rings. The minimum Gasteiger partial charge on any atom is -0.359 e. The van der Waals surface area contributed by atoms with Gasteiger partial charge in [-0.2, -0.15) is 5.26 Å². The fraction of sp³-hybridized carbons (Fsp3) is 0.300. The Kier molecular flexibility index (Phi) is 4.21. The smallest absolute Gasteiger partial charge is 0.170 e. The topological polar surface area (TPSA) is 33.0 Å². The Morgan fingerprint density at radius 2 is 2.21 bits per heavy atom. The van der Waals surface area contributed by atoms with E-state index in [1.54, 1.807) is 18.2 Å². The molecule has 0 heterocycles. The van der Waals surface area contributed by atoms with Crippen molar-refractivity contribution >= 4 is 23.2 Å². The zero-order chi connectivity index (χ0) is 10.6. The molecule has 0 aliphatic rings. The minimum absolute atomic E-state index is 0.456. The largest absolute Gasteiger partial charge is 0.359 e. The molecule has 74 valence electrons. The molecule has 14 heavy (non-hydrogen) atoms. The van der Waals surface area contributed by atoms with Gasteiger partial charge in [-0.05, 0) is 19.1 Å². The molecule has 0 fully saturated rings. The number of hydrogen-bond acceptors (Lipinski definition) is 2.